The van der Waals surface area contributed by atoms with Gasteiger partial charge < -0.3 is 10.6 Å². The highest BCUT2D eigenvalue weighted by Crippen LogP contribution is 2.34. The number of nitrogens with one attached hydrogen (secondary N) is 2. The number of pyridine rings is 1. The maximum atomic E-state index is 12.4. The molecule has 3 atom stereocenters. The van der Waals surface area contributed by atoms with Crippen LogP contribution < -0.4 is 10.6 Å². The van der Waals surface area contributed by atoms with Gasteiger partial charge in [0.05, 0.1) is 5.02 Å². The van der Waals surface area contributed by atoms with Crippen LogP contribution in [0.15, 0.2) is 12.1 Å². The fraction of sp³-hybridized carbons (Fsp3) is 0.625. The van der Waals surface area contributed by atoms with Crippen LogP contribution in [0.3, 0.4) is 0 Å². The molecule has 4 nitrogen and oxygen atoms in total. The first kappa shape index (κ1) is 16.1. The maximum Gasteiger partial charge on any atom is 0.271 e. The third-order valence-corrected chi connectivity index (χ3v) is 4.79. The third-order valence-electron chi connectivity index (χ3n) is 4.49. The van der Waals surface area contributed by atoms with Crippen LogP contribution in [-0.4, -0.2) is 23.5 Å². The molecule has 0 saturated heterocycles. The van der Waals surface area contributed by atoms with E-state index < -0.39 is 0 Å². The first-order valence-electron chi connectivity index (χ1n) is 7.78. The Morgan fingerprint density at radius 2 is 2.14 bits per heavy atom. The minimum atomic E-state index is -0.173. The zero-order valence-electron chi connectivity index (χ0n) is 12.9. The molecule has 116 valence electrons. The monoisotopic (exact) mass is 309 g/mol. The van der Waals surface area contributed by atoms with Crippen LogP contribution in [-0.2, 0) is 0 Å². The molecule has 0 spiro atoms. The van der Waals surface area contributed by atoms with Gasteiger partial charge in [-0.05, 0) is 43.7 Å². The molecule has 0 aliphatic heterocycles. The number of carbonyl (C=O) groups is 1. The molecular weight excluding hydrogens is 286 g/mol. The molecule has 1 amide bonds. The number of hydrogen-bond acceptors (Lipinski definition) is 3. The zero-order chi connectivity index (χ0) is 15.4. The molecule has 1 aromatic heterocycles. The summed E-state index contributed by atoms with van der Waals surface area (Å²) in [5, 5.41) is 6.60. The van der Waals surface area contributed by atoms with Crippen LogP contribution in [0.1, 0.15) is 50.5 Å². The standard InChI is InChI=1S/C16H24ClN3O/c1-4-11-6-8-13(10(11)3)19-16(21)15-12(17)7-9-14(20-15)18-5-2/h7,9-11,13H,4-6,8H2,1-3H3,(H,18,20)(H,19,21). The van der Waals surface area contributed by atoms with Crippen LogP contribution in [0.4, 0.5) is 5.82 Å². The molecule has 1 saturated carbocycles. The molecule has 3 unspecified atom stereocenters. The van der Waals surface area contributed by atoms with Crippen molar-refractivity contribution in [2.24, 2.45) is 11.8 Å². The predicted octanol–water partition coefficient (Wildman–Crippen LogP) is 3.72. The summed E-state index contributed by atoms with van der Waals surface area (Å²) in [6.07, 6.45) is 3.39. The van der Waals surface area contributed by atoms with Gasteiger partial charge in [-0.15, -0.1) is 0 Å². The molecule has 2 rings (SSSR count). The van der Waals surface area contributed by atoms with Gasteiger partial charge in [0, 0.05) is 12.6 Å². The van der Waals surface area contributed by atoms with Crippen molar-refractivity contribution in [3.8, 4) is 0 Å². The highest BCUT2D eigenvalue weighted by Gasteiger charge is 2.33. The van der Waals surface area contributed by atoms with E-state index in [0.717, 1.165) is 13.0 Å². The second kappa shape index (κ2) is 7.12. The lowest BCUT2D eigenvalue weighted by Gasteiger charge is -2.21. The van der Waals surface area contributed by atoms with Gasteiger partial charge >= 0.3 is 0 Å². The minimum Gasteiger partial charge on any atom is -0.370 e. The van der Waals surface area contributed by atoms with Gasteiger partial charge in [0.1, 0.15) is 11.5 Å². The first-order valence-corrected chi connectivity index (χ1v) is 8.15. The Bertz CT molecular complexity index is 506. The first-order chi connectivity index (χ1) is 10.1. The van der Waals surface area contributed by atoms with Gasteiger partial charge in [0.15, 0.2) is 0 Å². The minimum absolute atomic E-state index is 0.173. The number of amides is 1. The number of rotatable bonds is 5. The summed E-state index contributed by atoms with van der Waals surface area (Å²) >= 11 is 6.12. The van der Waals surface area contributed by atoms with E-state index in [-0.39, 0.29) is 11.9 Å². The average Bonchev–Trinajstić information content (AvgIpc) is 2.82. The Hall–Kier alpha value is -1.29. The summed E-state index contributed by atoms with van der Waals surface area (Å²) in [6.45, 7) is 7.18. The van der Waals surface area contributed by atoms with Crippen LogP contribution in [0, 0.1) is 11.8 Å². The van der Waals surface area contributed by atoms with Crippen LogP contribution >= 0.6 is 11.6 Å². The summed E-state index contributed by atoms with van der Waals surface area (Å²) in [7, 11) is 0. The van der Waals surface area contributed by atoms with Crippen molar-refractivity contribution in [3.63, 3.8) is 0 Å². The van der Waals surface area contributed by atoms with Gasteiger partial charge in [-0.1, -0.05) is 31.9 Å². The molecule has 0 bridgehead atoms. The molecule has 1 fully saturated rings. The van der Waals surface area contributed by atoms with Crippen molar-refractivity contribution in [2.45, 2.75) is 46.1 Å². The van der Waals surface area contributed by atoms with Gasteiger partial charge in [-0.3, -0.25) is 4.79 Å². The Kier molecular flexibility index (Phi) is 5.45. The van der Waals surface area contributed by atoms with Gasteiger partial charge in [-0.2, -0.15) is 0 Å². The second-order valence-corrected chi connectivity index (χ2v) is 6.15. The lowest BCUT2D eigenvalue weighted by Crippen LogP contribution is -2.38. The summed E-state index contributed by atoms with van der Waals surface area (Å²) < 4.78 is 0. The molecule has 0 radical (unpaired) electrons. The molecule has 1 aliphatic rings. The van der Waals surface area contributed by atoms with Crippen LogP contribution in [0.5, 0.6) is 0 Å². The summed E-state index contributed by atoms with van der Waals surface area (Å²) in [6, 6.07) is 3.73. The van der Waals surface area contributed by atoms with Crippen molar-refractivity contribution >= 4 is 23.3 Å². The van der Waals surface area contributed by atoms with Crippen molar-refractivity contribution in [3.05, 3.63) is 22.8 Å². The third kappa shape index (κ3) is 3.67. The quantitative estimate of drug-likeness (QED) is 0.871. The van der Waals surface area contributed by atoms with E-state index >= 15 is 0 Å². The van der Waals surface area contributed by atoms with Crippen LogP contribution in [0.2, 0.25) is 5.02 Å². The van der Waals surface area contributed by atoms with Crippen molar-refractivity contribution in [1.82, 2.24) is 10.3 Å². The van der Waals surface area contributed by atoms with Crippen molar-refractivity contribution < 1.29 is 4.79 Å². The van der Waals surface area contributed by atoms with Gasteiger partial charge in [-0.25, -0.2) is 4.98 Å². The lowest BCUT2D eigenvalue weighted by atomic mass is 9.93. The fourth-order valence-corrected chi connectivity index (χ4v) is 3.34. The van der Waals surface area contributed by atoms with E-state index in [1.807, 2.05) is 6.92 Å². The molecule has 0 aromatic carbocycles. The number of hydrogen-bond donors (Lipinski definition) is 2. The summed E-state index contributed by atoms with van der Waals surface area (Å²) in [5.74, 6) is 1.72. The SMILES string of the molecule is CCNc1ccc(Cl)c(C(=O)NC2CCC(CC)C2C)n1. The van der Waals surface area contributed by atoms with Gasteiger partial charge in [0.25, 0.3) is 5.91 Å². The Balaban J connectivity index is 2.08. The molecular formula is C16H24ClN3O. The van der Waals surface area contributed by atoms with E-state index in [4.69, 9.17) is 11.6 Å². The maximum absolute atomic E-state index is 12.4. The topological polar surface area (TPSA) is 54.0 Å². The normalized spacial score (nSPS) is 24.9. The summed E-state index contributed by atoms with van der Waals surface area (Å²) in [5.41, 5.74) is 0.308. The molecule has 1 aromatic rings. The average molecular weight is 310 g/mol. The van der Waals surface area contributed by atoms with E-state index in [9.17, 15) is 4.79 Å². The van der Waals surface area contributed by atoms with Crippen molar-refractivity contribution in [2.75, 3.05) is 11.9 Å². The molecule has 21 heavy (non-hydrogen) atoms. The smallest absolute Gasteiger partial charge is 0.271 e. The molecule has 1 aliphatic carbocycles. The van der Waals surface area contributed by atoms with Gasteiger partial charge in [0.2, 0.25) is 0 Å². The zero-order valence-corrected chi connectivity index (χ0v) is 13.7. The number of aromatic nitrogens is 1. The molecule has 1 heterocycles. The molecule has 5 heteroatoms. The number of anilines is 1. The molecule has 2 N–H and O–H groups in total. The second-order valence-electron chi connectivity index (χ2n) is 5.74. The highest BCUT2D eigenvalue weighted by atomic mass is 35.5. The van der Waals surface area contributed by atoms with Crippen LogP contribution in [0.25, 0.3) is 0 Å². The van der Waals surface area contributed by atoms with E-state index in [2.05, 4.69) is 29.5 Å². The Labute approximate surface area is 131 Å². The Morgan fingerprint density at radius 1 is 1.38 bits per heavy atom. The largest absolute Gasteiger partial charge is 0.370 e. The number of halogens is 1. The fourth-order valence-electron chi connectivity index (χ4n) is 3.15. The lowest BCUT2D eigenvalue weighted by molar-refractivity contribution is 0.0922. The Morgan fingerprint density at radius 3 is 2.76 bits per heavy atom. The summed E-state index contributed by atoms with van der Waals surface area (Å²) in [4.78, 5) is 16.7. The van der Waals surface area contributed by atoms with E-state index in [1.54, 1.807) is 12.1 Å². The number of carbonyl (C=O) groups excluding carboxylic acids is 1. The highest BCUT2D eigenvalue weighted by molar-refractivity contribution is 6.33. The van der Waals surface area contributed by atoms with E-state index in [0.29, 0.717) is 28.4 Å². The van der Waals surface area contributed by atoms with Crippen molar-refractivity contribution in [1.29, 1.82) is 0 Å². The van der Waals surface area contributed by atoms with E-state index in [1.165, 1.54) is 12.8 Å². The number of nitrogens with zero attached hydrogens (tertiary/aromatic N) is 1. The predicted molar refractivity (Wildman–Crippen MR) is 86.8 cm³/mol.